The van der Waals surface area contributed by atoms with Crippen LogP contribution < -0.4 is 11.3 Å². The first kappa shape index (κ1) is 12.3. The van der Waals surface area contributed by atoms with Gasteiger partial charge in [-0.25, -0.2) is 4.39 Å². The molecule has 17 heavy (non-hydrogen) atoms. The van der Waals surface area contributed by atoms with Crippen molar-refractivity contribution in [2.75, 3.05) is 0 Å². The second-order valence-electron chi connectivity index (χ2n) is 4.55. The minimum absolute atomic E-state index is 0.124. The molecule has 3 N–H and O–H groups in total. The number of allylic oxidation sites excluding steroid dienone is 1. The summed E-state index contributed by atoms with van der Waals surface area (Å²) in [7, 11) is 0. The van der Waals surface area contributed by atoms with E-state index in [1.165, 1.54) is 24.5 Å². The van der Waals surface area contributed by atoms with E-state index in [9.17, 15) is 4.39 Å². The van der Waals surface area contributed by atoms with Gasteiger partial charge in [0.05, 0.1) is 6.04 Å². The van der Waals surface area contributed by atoms with E-state index in [1.54, 1.807) is 12.1 Å². The molecular weight excluding hydrogens is 215 g/mol. The highest BCUT2D eigenvalue weighted by molar-refractivity contribution is 5.23. The number of rotatable bonds is 4. The summed E-state index contributed by atoms with van der Waals surface area (Å²) in [6.07, 6.45) is 7.84. The molecule has 3 heteroatoms. The molecule has 1 unspecified atom stereocenters. The third kappa shape index (κ3) is 3.14. The van der Waals surface area contributed by atoms with E-state index >= 15 is 0 Å². The van der Waals surface area contributed by atoms with E-state index in [-0.39, 0.29) is 11.9 Å². The van der Waals surface area contributed by atoms with Crippen molar-refractivity contribution in [2.45, 2.75) is 38.1 Å². The van der Waals surface area contributed by atoms with Crippen LogP contribution in [0.2, 0.25) is 0 Å². The van der Waals surface area contributed by atoms with Crippen LogP contribution in [0.1, 0.15) is 43.7 Å². The van der Waals surface area contributed by atoms with Gasteiger partial charge < -0.3 is 0 Å². The van der Waals surface area contributed by atoms with Gasteiger partial charge in [0.25, 0.3) is 0 Å². The molecule has 0 spiro atoms. The molecule has 0 bridgehead atoms. The molecule has 1 aliphatic rings. The van der Waals surface area contributed by atoms with Gasteiger partial charge in [-0.2, -0.15) is 0 Å². The van der Waals surface area contributed by atoms with Gasteiger partial charge in [0.15, 0.2) is 0 Å². The van der Waals surface area contributed by atoms with E-state index < -0.39 is 0 Å². The van der Waals surface area contributed by atoms with Gasteiger partial charge in [0.2, 0.25) is 0 Å². The summed E-state index contributed by atoms with van der Waals surface area (Å²) in [6, 6.07) is 6.70. The van der Waals surface area contributed by atoms with Gasteiger partial charge in [-0.3, -0.25) is 11.3 Å². The lowest BCUT2D eigenvalue weighted by molar-refractivity contribution is 0.497. The Morgan fingerprint density at radius 1 is 1.29 bits per heavy atom. The first-order chi connectivity index (χ1) is 8.31. The molecule has 1 aromatic rings. The van der Waals surface area contributed by atoms with Crippen molar-refractivity contribution in [3.8, 4) is 0 Å². The smallest absolute Gasteiger partial charge is 0.128 e. The summed E-state index contributed by atoms with van der Waals surface area (Å²) in [5.74, 6) is 5.36. The molecule has 2 rings (SSSR count). The second kappa shape index (κ2) is 5.94. The van der Waals surface area contributed by atoms with Crippen molar-refractivity contribution >= 4 is 0 Å². The molecule has 1 aromatic carbocycles. The predicted octanol–water partition coefficient (Wildman–Crippen LogP) is 3.22. The molecule has 1 atom stereocenters. The monoisotopic (exact) mass is 234 g/mol. The minimum atomic E-state index is -0.188. The Hall–Kier alpha value is -1.19. The third-order valence-corrected chi connectivity index (χ3v) is 3.33. The lowest BCUT2D eigenvalue weighted by Gasteiger charge is -2.20. The van der Waals surface area contributed by atoms with Crippen molar-refractivity contribution in [2.24, 2.45) is 5.84 Å². The average Bonchev–Trinajstić information content (AvgIpc) is 2.38. The summed E-state index contributed by atoms with van der Waals surface area (Å²) >= 11 is 0. The summed E-state index contributed by atoms with van der Waals surface area (Å²) < 4.78 is 13.7. The van der Waals surface area contributed by atoms with Crippen molar-refractivity contribution < 1.29 is 4.39 Å². The zero-order valence-corrected chi connectivity index (χ0v) is 9.95. The van der Waals surface area contributed by atoms with E-state index in [4.69, 9.17) is 5.84 Å². The topological polar surface area (TPSA) is 38.0 Å². The lowest BCUT2D eigenvalue weighted by atomic mass is 9.91. The molecule has 0 aromatic heterocycles. The van der Waals surface area contributed by atoms with Gasteiger partial charge in [-0.05, 0) is 38.2 Å². The fraction of sp³-hybridized carbons (Fsp3) is 0.429. The van der Waals surface area contributed by atoms with Crippen LogP contribution in [0.25, 0.3) is 0 Å². The quantitative estimate of drug-likeness (QED) is 0.477. The summed E-state index contributed by atoms with van der Waals surface area (Å²) in [5.41, 5.74) is 4.77. The highest BCUT2D eigenvalue weighted by atomic mass is 19.1. The Labute approximate surface area is 102 Å². The maximum absolute atomic E-state index is 13.7. The molecule has 0 aliphatic heterocycles. The van der Waals surface area contributed by atoms with Gasteiger partial charge in [0, 0.05) is 5.56 Å². The fourth-order valence-corrected chi connectivity index (χ4v) is 2.37. The number of benzene rings is 1. The average molecular weight is 234 g/mol. The van der Waals surface area contributed by atoms with Crippen LogP contribution in [0.3, 0.4) is 0 Å². The van der Waals surface area contributed by atoms with Crippen LogP contribution in [0.5, 0.6) is 0 Å². The summed E-state index contributed by atoms with van der Waals surface area (Å²) in [5, 5.41) is 0. The largest absolute Gasteiger partial charge is 0.271 e. The maximum Gasteiger partial charge on any atom is 0.128 e. The van der Waals surface area contributed by atoms with Crippen molar-refractivity contribution in [3.05, 3.63) is 47.3 Å². The maximum atomic E-state index is 13.7. The van der Waals surface area contributed by atoms with Gasteiger partial charge in [-0.1, -0.05) is 29.8 Å². The van der Waals surface area contributed by atoms with Crippen LogP contribution in [-0.4, -0.2) is 0 Å². The van der Waals surface area contributed by atoms with E-state index in [0.29, 0.717) is 5.56 Å². The number of nitrogens with two attached hydrogens (primary N) is 1. The molecule has 0 saturated heterocycles. The Morgan fingerprint density at radius 3 is 2.76 bits per heavy atom. The van der Waals surface area contributed by atoms with Crippen molar-refractivity contribution in [1.82, 2.24) is 5.43 Å². The fourth-order valence-electron chi connectivity index (χ4n) is 2.37. The SMILES string of the molecule is NNC(CC1=CCCCC1)c1ccccc1F. The van der Waals surface area contributed by atoms with Crippen LogP contribution in [0.15, 0.2) is 35.9 Å². The molecule has 0 amide bonds. The standard InChI is InChI=1S/C14H19FN2/c15-13-9-5-4-8-12(13)14(17-16)10-11-6-2-1-3-7-11/h4-6,8-9,14,17H,1-3,7,10,16H2. The van der Waals surface area contributed by atoms with Crippen LogP contribution in [0.4, 0.5) is 4.39 Å². The van der Waals surface area contributed by atoms with Crippen molar-refractivity contribution in [3.63, 3.8) is 0 Å². The van der Waals surface area contributed by atoms with Gasteiger partial charge in [-0.15, -0.1) is 0 Å². The Balaban J connectivity index is 2.11. The number of hydrazine groups is 1. The first-order valence-electron chi connectivity index (χ1n) is 6.19. The Kier molecular flexibility index (Phi) is 4.29. The predicted molar refractivity (Wildman–Crippen MR) is 67.6 cm³/mol. The molecule has 0 radical (unpaired) electrons. The molecule has 0 fully saturated rings. The highest BCUT2D eigenvalue weighted by Crippen LogP contribution is 2.28. The van der Waals surface area contributed by atoms with E-state index in [1.807, 2.05) is 6.07 Å². The molecule has 92 valence electrons. The van der Waals surface area contributed by atoms with E-state index in [2.05, 4.69) is 11.5 Å². The third-order valence-electron chi connectivity index (χ3n) is 3.33. The van der Waals surface area contributed by atoms with E-state index in [0.717, 1.165) is 19.3 Å². The lowest BCUT2D eigenvalue weighted by Crippen LogP contribution is -2.29. The Bertz CT molecular complexity index is 401. The van der Waals surface area contributed by atoms with Crippen molar-refractivity contribution in [1.29, 1.82) is 0 Å². The van der Waals surface area contributed by atoms with Crippen LogP contribution in [0, 0.1) is 5.82 Å². The van der Waals surface area contributed by atoms with Crippen LogP contribution in [-0.2, 0) is 0 Å². The molecule has 2 nitrogen and oxygen atoms in total. The van der Waals surface area contributed by atoms with Crippen LogP contribution >= 0.6 is 0 Å². The zero-order chi connectivity index (χ0) is 12.1. The Morgan fingerprint density at radius 2 is 2.12 bits per heavy atom. The number of halogens is 1. The van der Waals surface area contributed by atoms with Gasteiger partial charge in [0.1, 0.15) is 5.82 Å². The second-order valence-corrected chi connectivity index (χ2v) is 4.55. The summed E-state index contributed by atoms with van der Waals surface area (Å²) in [4.78, 5) is 0. The minimum Gasteiger partial charge on any atom is -0.271 e. The number of hydrogen-bond acceptors (Lipinski definition) is 2. The zero-order valence-electron chi connectivity index (χ0n) is 9.95. The normalized spacial score (nSPS) is 17.6. The molecule has 1 aliphatic carbocycles. The molecule has 0 heterocycles. The number of hydrogen-bond donors (Lipinski definition) is 2. The molecular formula is C14H19FN2. The summed E-state index contributed by atoms with van der Waals surface area (Å²) in [6.45, 7) is 0. The van der Waals surface area contributed by atoms with Gasteiger partial charge >= 0.3 is 0 Å². The first-order valence-corrected chi connectivity index (χ1v) is 6.19. The number of nitrogens with one attached hydrogen (secondary N) is 1. The highest BCUT2D eigenvalue weighted by Gasteiger charge is 2.16. The molecule has 0 saturated carbocycles.